The van der Waals surface area contributed by atoms with Crippen LogP contribution in [0.2, 0.25) is 0 Å². The molecule has 0 aromatic rings. The summed E-state index contributed by atoms with van der Waals surface area (Å²) in [6, 6.07) is -1.14. The highest BCUT2D eigenvalue weighted by molar-refractivity contribution is 5.77. The molecule has 21 heavy (non-hydrogen) atoms. The largest absolute Gasteiger partial charge is 0.481 e. The minimum atomic E-state index is -4.46. The maximum atomic E-state index is 12.6. The molecule has 1 rings (SSSR count). The van der Waals surface area contributed by atoms with Gasteiger partial charge in [0, 0.05) is 18.1 Å². The first-order valence-corrected chi connectivity index (χ1v) is 6.78. The molecule has 1 aliphatic rings. The molecule has 0 aliphatic heterocycles. The number of nitrogens with zero attached hydrogens (tertiary/aromatic N) is 2. The molecule has 0 bridgehead atoms. The van der Waals surface area contributed by atoms with Gasteiger partial charge in [-0.1, -0.05) is 0 Å². The van der Waals surface area contributed by atoms with Gasteiger partial charge >= 0.3 is 18.2 Å². The number of rotatable bonds is 5. The Morgan fingerprint density at radius 2 is 1.71 bits per heavy atom. The number of amides is 2. The summed E-state index contributed by atoms with van der Waals surface area (Å²) < 4.78 is 37.9. The molecule has 0 aromatic carbocycles. The lowest BCUT2D eigenvalue weighted by Crippen LogP contribution is -2.54. The van der Waals surface area contributed by atoms with Gasteiger partial charge in [0.15, 0.2) is 0 Å². The molecule has 0 heterocycles. The smallest absolute Gasteiger partial charge is 0.406 e. The minimum absolute atomic E-state index is 0.112. The van der Waals surface area contributed by atoms with Crippen molar-refractivity contribution >= 4 is 12.0 Å². The van der Waals surface area contributed by atoms with Crippen LogP contribution in [0.25, 0.3) is 0 Å². The molecule has 1 fully saturated rings. The summed E-state index contributed by atoms with van der Waals surface area (Å²) >= 11 is 0. The minimum Gasteiger partial charge on any atom is -0.481 e. The topological polar surface area (TPSA) is 60.9 Å². The molecule has 0 spiro atoms. The number of aliphatic carboxylic acids is 1. The average molecular weight is 310 g/mol. The third-order valence-electron chi connectivity index (χ3n) is 3.17. The molecule has 2 amide bonds. The maximum Gasteiger partial charge on any atom is 0.406 e. The van der Waals surface area contributed by atoms with Crippen LogP contribution in [0.3, 0.4) is 0 Å². The number of halogens is 3. The zero-order chi connectivity index (χ0) is 16.4. The van der Waals surface area contributed by atoms with Gasteiger partial charge in [0.1, 0.15) is 6.54 Å². The fourth-order valence-electron chi connectivity index (χ4n) is 2.01. The quantitative estimate of drug-likeness (QED) is 0.849. The SMILES string of the molecule is CC(C)(C)N(CCC(=O)O)C(=O)N(CC(F)(F)F)C1CC1. The van der Waals surface area contributed by atoms with Crippen molar-refractivity contribution in [1.82, 2.24) is 9.80 Å². The van der Waals surface area contributed by atoms with E-state index in [-0.39, 0.29) is 13.0 Å². The van der Waals surface area contributed by atoms with E-state index in [1.54, 1.807) is 20.8 Å². The number of carbonyl (C=O) groups is 2. The highest BCUT2D eigenvalue weighted by Crippen LogP contribution is 2.32. The Morgan fingerprint density at radius 1 is 1.19 bits per heavy atom. The van der Waals surface area contributed by atoms with Gasteiger partial charge in [-0.15, -0.1) is 0 Å². The number of carbonyl (C=O) groups excluding carboxylic acids is 1. The number of alkyl halides is 3. The van der Waals surface area contributed by atoms with Crippen LogP contribution in [0.1, 0.15) is 40.0 Å². The predicted octanol–water partition coefficient (Wildman–Crippen LogP) is 2.71. The molecule has 0 aromatic heterocycles. The molecule has 5 nitrogen and oxygen atoms in total. The van der Waals surface area contributed by atoms with Gasteiger partial charge in [0.05, 0.1) is 6.42 Å². The number of hydrogen-bond donors (Lipinski definition) is 1. The van der Waals surface area contributed by atoms with Crippen LogP contribution in [0.5, 0.6) is 0 Å². The Kier molecular flexibility index (Phi) is 5.11. The standard InChI is InChI=1S/C13H21F3N2O3/c1-12(2,3)18(7-6-10(19)20)11(21)17(9-4-5-9)8-13(14,15)16/h9H,4-8H2,1-3H3,(H,19,20). The van der Waals surface area contributed by atoms with E-state index in [0.29, 0.717) is 12.8 Å². The highest BCUT2D eigenvalue weighted by atomic mass is 19.4. The van der Waals surface area contributed by atoms with E-state index in [4.69, 9.17) is 5.11 Å². The summed E-state index contributed by atoms with van der Waals surface area (Å²) in [7, 11) is 0. The van der Waals surface area contributed by atoms with Crippen LogP contribution in [-0.2, 0) is 4.79 Å². The molecule has 122 valence electrons. The Bertz CT molecular complexity index is 400. The summed E-state index contributed by atoms with van der Waals surface area (Å²) in [5, 5.41) is 8.72. The van der Waals surface area contributed by atoms with Crippen LogP contribution < -0.4 is 0 Å². The van der Waals surface area contributed by atoms with Gasteiger partial charge in [0.25, 0.3) is 0 Å². The van der Waals surface area contributed by atoms with Crippen molar-refractivity contribution in [3.63, 3.8) is 0 Å². The van der Waals surface area contributed by atoms with E-state index < -0.39 is 36.3 Å². The lowest BCUT2D eigenvalue weighted by atomic mass is 10.1. The van der Waals surface area contributed by atoms with Gasteiger partial charge < -0.3 is 14.9 Å². The van der Waals surface area contributed by atoms with Gasteiger partial charge in [-0.3, -0.25) is 4.79 Å². The van der Waals surface area contributed by atoms with E-state index in [0.717, 1.165) is 4.90 Å². The molecule has 1 N–H and O–H groups in total. The normalized spacial score (nSPS) is 15.7. The van der Waals surface area contributed by atoms with Crippen molar-refractivity contribution in [2.45, 2.75) is 57.8 Å². The van der Waals surface area contributed by atoms with E-state index in [2.05, 4.69) is 0 Å². The van der Waals surface area contributed by atoms with Crippen LogP contribution in [-0.4, -0.2) is 57.8 Å². The maximum absolute atomic E-state index is 12.6. The van der Waals surface area contributed by atoms with Crippen LogP contribution >= 0.6 is 0 Å². The zero-order valence-corrected chi connectivity index (χ0v) is 12.4. The van der Waals surface area contributed by atoms with Crippen molar-refractivity contribution < 1.29 is 27.9 Å². The van der Waals surface area contributed by atoms with Crippen molar-refractivity contribution in [2.24, 2.45) is 0 Å². The van der Waals surface area contributed by atoms with Crippen molar-refractivity contribution in [3.8, 4) is 0 Å². The van der Waals surface area contributed by atoms with Gasteiger partial charge in [-0.05, 0) is 33.6 Å². The Balaban J connectivity index is 2.87. The van der Waals surface area contributed by atoms with Crippen molar-refractivity contribution in [3.05, 3.63) is 0 Å². The fraction of sp³-hybridized carbons (Fsp3) is 0.846. The lowest BCUT2D eigenvalue weighted by Gasteiger charge is -2.39. The third-order valence-corrected chi connectivity index (χ3v) is 3.17. The molecular formula is C13H21F3N2O3. The van der Waals surface area contributed by atoms with Crippen LogP contribution in [0.4, 0.5) is 18.0 Å². The summed E-state index contributed by atoms with van der Waals surface area (Å²) in [5.41, 5.74) is -0.745. The van der Waals surface area contributed by atoms with E-state index in [1.165, 1.54) is 4.90 Å². The molecule has 0 radical (unpaired) electrons. The first-order chi connectivity index (χ1) is 9.42. The van der Waals surface area contributed by atoms with Gasteiger partial charge in [-0.25, -0.2) is 4.79 Å². The second kappa shape index (κ2) is 6.11. The molecule has 1 saturated carbocycles. The molecular weight excluding hydrogens is 289 g/mol. The van der Waals surface area contributed by atoms with Crippen molar-refractivity contribution in [1.29, 1.82) is 0 Å². The predicted molar refractivity (Wildman–Crippen MR) is 69.9 cm³/mol. The molecule has 0 atom stereocenters. The first-order valence-electron chi connectivity index (χ1n) is 6.78. The van der Waals surface area contributed by atoms with E-state index in [9.17, 15) is 22.8 Å². The number of carboxylic acid groups (broad SMARTS) is 1. The van der Waals surface area contributed by atoms with Gasteiger partial charge in [0.2, 0.25) is 0 Å². The summed E-state index contributed by atoms with van der Waals surface area (Å²) in [4.78, 5) is 25.1. The molecule has 8 heteroatoms. The van der Waals surface area contributed by atoms with E-state index >= 15 is 0 Å². The Morgan fingerprint density at radius 3 is 2.05 bits per heavy atom. The van der Waals surface area contributed by atoms with Crippen LogP contribution in [0.15, 0.2) is 0 Å². The Labute approximate surface area is 121 Å². The number of hydrogen-bond acceptors (Lipinski definition) is 2. The number of urea groups is 1. The molecule has 0 unspecified atom stereocenters. The average Bonchev–Trinajstić information content (AvgIpc) is 3.05. The summed E-state index contributed by atoms with van der Waals surface area (Å²) in [6.07, 6.45) is -3.65. The van der Waals surface area contributed by atoms with E-state index in [1.807, 2.05) is 0 Å². The third kappa shape index (κ3) is 5.81. The molecule has 1 aliphatic carbocycles. The van der Waals surface area contributed by atoms with Crippen LogP contribution in [0, 0.1) is 0 Å². The monoisotopic (exact) mass is 310 g/mol. The second-order valence-electron chi connectivity index (χ2n) is 6.22. The Hall–Kier alpha value is -1.47. The summed E-state index contributed by atoms with van der Waals surface area (Å²) in [5.74, 6) is -1.09. The summed E-state index contributed by atoms with van der Waals surface area (Å²) in [6.45, 7) is 3.61. The van der Waals surface area contributed by atoms with Gasteiger partial charge in [-0.2, -0.15) is 13.2 Å². The first kappa shape index (κ1) is 17.6. The second-order valence-corrected chi connectivity index (χ2v) is 6.22. The molecule has 0 saturated heterocycles. The zero-order valence-electron chi connectivity index (χ0n) is 12.4. The fourth-order valence-corrected chi connectivity index (χ4v) is 2.01. The van der Waals surface area contributed by atoms with Crippen molar-refractivity contribution in [2.75, 3.05) is 13.1 Å². The number of carboxylic acids is 1. The highest BCUT2D eigenvalue weighted by Gasteiger charge is 2.43. The lowest BCUT2D eigenvalue weighted by molar-refractivity contribution is -0.143.